The van der Waals surface area contributed by atoms with Gasteiger partial charge in [0, 0.05) is 7.05 Å². The van der Waals surface area contributed by atoms with Gasteiger partial charge in [0.25, 0.3) is 5.91 Å². The Morgan fingerprint density at radius 1 is 1.56 bits per heavy atom. The van der Waals surface area contributed by atoms with E-state index >= 15 is 0 Å². The van der Waals surface area contributed by atoms with Crippen LogP contribution in [0.4, 0.5) is 11.4 Å². The number of aromatic nitrogens is 4. The first-order valence-electron chi connectivity index (χ1n) is 4.98. The van der Waals surface area contributed by atoms with E-state index in [1.807, 2.05) is 0 Å². The largest absolute Gasteiger partial charge is 0.319 e. The molecule has 0 saturated heterocycles. The molecule has 94 valence electrons. The highest BCUT2D eigenvalue weighted by Crippen LogP contribution is 2.18. The van der Waals surface area contributed by atoms with Gasteiger partial charge in [-0.15, -0.1) is 0 Å². The maximum atomic E-state index is 11.8. The van der Waals surface area contributed by atoms with Crippen LogP contribution >= 0.6 is 0 Å². The minimum atomic E-state index is -0.672. The van der Waals surface area contributed by atoms with Crippen molar-refractivity contribution in [2.24, 2.45) is 7.05 Å². The lowest BCUT2D eigenvalue weighted by atomic mass is 10.3. The van der Waals surface area contributed by atoms with Crippen LogP contribution in [0.2, 0.25) is 0 Å². The predicted molar refractivity (Wildman–Crippen MR) is 61.1 cm³/mol. The Kier molecular flexibility index (Phi) is 2.80. The molecule has 2 aromatic heterocycles. The number of H-pyrrole nitrogens is 1. The molecule has 0 aliphatic carbocycles. The SMILES string of the molecule is Cc1c(NC(=O)c2[nH]ncc2[N+](=O)[O-])cnn1C. The molecule has 1 amide bonds. The zero-order chi connectivity index (χ0) is 13.3. The number of aryl methyl sites for hydroxylation is 1. The van der Waals surface area contributed by atoms with Gasteiger partial charge in [-0.2, -0.15) is 10.2 Å². The van der Waals surface area contributed by atoms with Crippen LogP contribution < -0.4 is 5.32 Å². The lowest BCUT2D eigenvalue weighted by Gasteiger charge is -2.02. The maximum absolute atomic E-state index is 11.8. The summed E-state index contributed by atoms with van der Waals surface area (Å²) in [5, 5.41) is 22.9. The van der Waals surface area contributed by atoms with Crippen molar-refractivity contribution in [3.05, 3.63) is 33.9 Å². The first-order chi connectivity index (χ1) is 8.50. The van der Waals surface area contributed by atoms with Crippen molar-refractivity contribution in [3.8, 4) is 0 Å². The lowest BCUT2D eigenvalue weighted by molar-refractivity contribution is -0.385. The van der Waals surface area contributed by atoms with Gasteiger partial charge in [-0.1, -0.05) is 0 Å². The minimum Gasteiger partial charge on any atom is -0.317 e. The van der Waals surface area contributed by atoms with Crippen molar-refractivity contribution in [3.63, 3.8) is 0 Å². The Morgan fingerprint density at radius 3 is 2.83 bits per heavy atom. The number of rotatable bonds is 3. The van der Waals surface area contributed by atoms with E-state index in [-0.39, 0.29) is 11.4 Å². The molecule has 0 aromatic carbocycles. The third kappa shape index (κ3) is 1.93. The van der Waals surface area contributed by atoms with Gasteiger partial charge < -0.3 is 5.32 Å². The van der Waals surface area contributed by atoms with Crippen LogP contribution in [0.5, 0.6) is 0 Å². The van der Waals surface area contributed by atoms with E-state index in [1.54, 1.807) is 18.7 Å². The lowest BCUT2D eigenvalue weighted by Crippen LogP contribution is -2.14. The van der Waals surface area contributed by atoms with Crippen molar-refractivity contribution in [1.82, 2.24) is 20.0 Å². The number of carbonyl (C=O) groups is 1. The monoisotopic (exact) mass is 250 g/mol. The second-order valence-corrected chi connectivity index (χ2v) is 3.61. The van der Waals surface area contributed by atoms with E-state index in [2.05, 4.69) is 20.6 Å². The summed E-state index contributed by atoms with van der Waals surface area (Å²) in [6, 6.07) is 0. The van der Waals surface area contributed by atoms with Gasteiger partial charge in [-0.05, 0) is 6.92 Å². The first-order valence-corrected chi connectivity index (χ1v) is 4.98. The number of nitrogens with zero attached hydrogens (tertiary/aromatic N) is 4. The third-order valence-electron chi connectivity index (χ3n) is 2.53. The standard InChI is InChI=1S/C9H10N6O3/c1-5-6(3-11-14(5)2)12-9(16)8-7(15(17)18)4-10-13-8/h3-4H,1-2H3,(H,10,13)(H,12,16). The number of nitro groups is 1. The van der Waals surface area contributed by atoms with Crippen molar-refractivity contribution >= 4 is 17.3 Å². The van der Waals surface area contributed by atoms with Gasteiger partial charge >= 0.3 is 5.69 Å². The van der Waals surface area contributed by atoms with Gasteiger partial charge in [0.2, 0.25) is 5.69 Å². The zero-order valence-electron chi connectivity index (χ0n) is 9.67. The van der Waals surface area contributed by atoms with E-state index < -0.39 is 10.8 Å². The zero-order valence-corrected chi connectivity index (χ0v) is 9.67. The van der Waals surface area contributed by atoms with Gasteiger partial charge in [0.05, 0.1) is 22.5 Å². The van der Waals surface area contributed by atoms with E-state index in [0.717, 1.165) is 11.9 Å². The summed E-state index contributed by atoms with van der Waals surface area (Å²) in [6.45, 7) is 1.77. The number of nitrogens with one attached hydrogen (secondary N) is 2. The number of hydrogen-bond donors (Lipinski definition) is 2. The molecule has 2 aromatic rings. The van der Waals surface area contributed by atoms with Crippen molar-refractivity contribution in [1.29, 1.82) is 0 Å². The molecular formula is C9H10N6O3. The second-order valence-electron chi connectivity index (χ2n) is 3.61. The Labute approximate surface area is 101 Å². The molecule has 0 fully saturated rings. The van der Waals surface area contributed by atoms with Gasteiger partial charge in [-0.25, -0.2) is 0 Å². The molecule has 0 unspecified atom stereocenters. The summed E-state index contributed by atoms with van der Waals surface area (Å²) in [5.74, 6) is -0.629. The Balaban J connectivity index is 2.25. The van der Waals surface area contributed by atoms with Crippen molar-refractivity contribution in [2.75, 3.05) is 5.32 Å². The normalized spacial score (nSPS) is 10.3. The summed E-state index contributed by atoms with van der Waals surface area (Å²) in [6.07, 6.45) is 2.46. The third-order valence-corrected chi connectivity index (χ3v) is 2.53. The molecule has 0 bridgehead atoms. The average molecular weight is 250 g/mol. The Bertz CT molecular complexity index is 614. The summed E-state index contributed by atoms with van der Waals surface area (Å²) in [7, 11) is 1.73. The smallest absolute Gasteiger partial charge is 0.317 e. The van der Waals surface area contributed by atoms with Gasteiger partial charge in [-0.3, -0.25) is 24.7 Å². The highest BCUT2D eigenvalue weighted by Gasteiger charge is 2.23. The highest BCUT2D eigenvalue weighted by atomic mass is 16.6. The van der Waals surface area contributed by atoms with E-state index in [0.29, 0.717) is 5.69 Å². The van der Waals surface area contributed by atoms with Crippen LogP contribution in [0.3, 0.4) is 0 Å². The fraction of sp³-hybridized carbons (Fsp3) is 0.222. The molecule has 0 atom stereocenters. The quantitative estimate of drug-likeness (QED) is 0.611. The first kappa shape index (κ1) is 11.8. The van der Waals surface area contributed by atoms with Gasteiger partial charge in [0.15, 0.2) is 0 Å². The molecule has 0 aliphatic rings. The summed E-state index contributed by atoms with van der Waals surface area (Å²) < 4.78 is 1.58. The van der Waals surface area contributed by atoms with Crippen LogP contribution in [0.1, 0.15) is 16.2 Å². The van der Waals surface area contributed by atoms with Crippen LogP contribution in [0.25, 0.3) is 0 Å². The number of amides is 1. The predicted octanol–water partition coefficient (Wildman–Crippen LogP) is 0.612. The molecule has 0 saturated carbocycles. The Morgan fingerprint density at radius 2 is 2.28 bits per heavy atom. The molecule has 0 aliphatic heterocycles. The molecule has 9 nitrogen and oxygen atoms in total. The van der Waals surface area contributed by atoms with Crippen LogP contribution in [-0.4, -0.2) is 30.8 Å². The Hall–Kier alpha value is -2.71. The number of anilines is 1. The highest BCUT2D eigenvalue weighted by molar-refractivity contribution is 6.05. The second kappa shape index (κ2) is 4.28. The molecule has 2 N–H and O–H groups in total. The fourth-order valence-corrected chi connectivity index (χ4v) is 1.39. The summed E-state index contributed by atoms with van der Waals surface area (Å²) >= 11 is 0. The summed E-state index contributed by atoms with van der Waals surface area (Å²) in [5.41, 5.74) is 0.675. The van der Waals surface area contributed by atoms with Gasteiger partial charge in [0.1, 0.15) is 6.20 Å². The molecular weight excluding hydrogens is 240 g/mol. The van der Waals surface area contributed by atoms with Crippen LogP contribution in [0, 0.1) is 17.0 Å². The topological polar surface area (TPSA) is 119 Å². The molecule has 2 rings (SSSR count). The fourth-order valence-electron chi connectivity index (χ4n) is 1.39. The number of hydrogen-bond acceptors (Lipinski definition) is 5. The van der Waals surface area contributed by atoms with E-state index in [9.17, 15) is 14.9 Å². The van der Waals surface area contributed by atoms with E-state index in [1.165, 1.54) is 6.20 Å². The molecule has 0 radical (unpaired) electrons. The van der Waals surface area contributed by atoms with Crippen LogP contribution in [0.15, 0.2) is 12.4 Å². The number of aromatic amines is 1. The maximum Gasteiger partial charge on any atom is 0.319 e. The van der Waals surface area contributed by atoms with Crippen molar-refractivity contribution < 1.29 is 9.72 Å². The van der Waals surface area contributed by atoms with E-state index in [4.69, 9.17) is 0 Å². The molecule has 18 heavy (non-hydrogen) atoms. The molecule has 2 heterocycles. The average Bonchev–Trinajstić information content (AvgIpc) is 2.91. The van der Waals surface area contributed by atoms with Crippen LogP contribution in [-0.2, 0) is 7.05 Å². The van der Waals surface area contributed by atoms with Crippen molar-refractivity contribution in [2.45, 2.75) is 6.92 Å². The molecule has 0 spiro atoms. The number of carbonyl (C=O) groups excluding carboxylic acids is 1. The minimum absolute atomic E-state index is 0.191. The molecule has 9 heteroatoms. The summed E-state index contributed by atoms with van der Waals surface area (Å²) in [4.78, 5) is 21.8.